The molecule has 0 aliphatic rings. The van der Waals surface area contributed by atoms with Gasteiger partial charge in [0.2, 0.25) is 0 Å². The Morgan fingerprint density at radius 2 is 2.07 bits per heavy atom. The molecule has 0 aromatic carbocycles. The van der Waals surface area contributed by atoms with Crippen LogP contribution in [0.2, 0.25) is 0 Å². The summed E-state index contributed by atoms with van der Waals surface area (Å²) in [4.78, 5) is 3.26. The Kier molecular flexibility index (Phi) is 3.88. The minimum atomic E-state index is -3.95. The summed E-state index contributed by atoms with van der Waals surface area (Å²) in [6.45, 7) is 1.39. The third-order valence-electron chi connectivity index (χ3n) is 1.60. The van der Waals surface area contributed by atoms with Gasteiger partial charge in [0.15, 0.2) is 0 Å². The first kappa shape index (κ1) is 13.0. The lowest BCUT2D eigenvalue weighted by molar-refractivity contribution is 0.145. The predicted molar refractivity (Wildman–Crippen MR) is 59.7 cm³/mol. The molecule has 0 radical (unpaired) electrons. The Bertz CT molecular complexity index is 469. The van der Waals surface area contributed by atoms with Crippen molar-refractivity contribution in [2.24, 2.45) is 0 Å². The first-order valence-electron chi connectivity index (χ1n) is 3.63. The van der Waals surface area contributed by atoms with Crippen LogP contribution >= 0.6 is 33.3 Å². The zero-order valence-corrected chi connectivity index (χ0v) is 11.1. The Balaban J connectivity index is 3.48. The number of aryl methyl sites for hydroxylation is 1. The van der Waals surface area contributed by atoms with Crippen molar-refractivity contribution < 1.29 is 17.2 Å². The number of rotatable bonds is 2. The summed E-state index contributed by atoms with van der Waals surface area (Å²) >= 11 is 1.56. The Labute approximate surface area is 103 Å². The molecule has 0 spiro atoms. The molecule has 0 saturated heterocycles. The summed E-state index contributed by atoms with van der Waals surface area (Å²) < 4.78 is 46.7. The maximum absolute atomic E-state index is 12.3. The first-order valence-corrected chi connectivity index (χ1v) is 7.02. The van der Waals surface area contributed by atoms with E-state index in [4.69, 9.17) is 10.7 Å². The molecule has 0 fully saturated rings. The summed E-state index contributed by atoms with van der Waals surface area (Å²) in [7, 11) is 1.19. The maximum Gasteiger partial charge on any atom is 0.280 e. The molecule has 1 aromatic rings. The van der Waals surface area contributed by atoms with Gasteiger partial charge in [-0.25, -0.2) is 22.2 Å². The molecule has 0 aliphatic heterocycles. The van der Waals surface area contributed by atoms with Crippen LogP contribution in [0, 0.1) is 10.6 Å². The van der Waals surface area contributed by atoms with Crippen molar-refractivity contribution in [1.82, 2.24) is 4.98 Å². The van der Waals surface area contributed by atoms with Gasteiger partial charge in [-0.3, -0.25) is 0 Å². The van der Waals surface area contributed by atoms with Crippen LogP contribution in [0.25, 0.3) is 0 Å². The van der Waals surface area contributed by atoms with E-state index < -0.39 is 21.2 Å². The van der Waals surface area contributed by atoms with Crippen LogP contribution in [0.1, 0.15) is 17.7 Å². The van der Waals surface area contributed by atoms with Gasteiger partial charge in [0.25, 0.3) is 15.5 Å². The fraction of sp³-hybridized carbons (Fsp3) is 0.286. The van der Waals surface area contributed by atoms with E-state index in [9.17, 15) is 17.2 Å². The smallest absolute Gasteiger partial charge is 0.239 e. The van der Waals surface area contributed by atoms with E-state index in [1.165, 1.54) is 6.92 Å². The quantitative estimate of drug-likeness (QED) is 0.459. The Hall–Kier alpha value is -0.0200. The van der Waals surface area contributed by atoms with Crippen molar-refractivity contribution in [3.8, 4) is 0 Å². The lowest BCUT2D eigenvalue weighted by Gasteiger charge is -2.07. The largest absolute Gasteiger partial charge is 0.280 e. The number of hydrogen-bond acceptors (Lipinski definition) is 3. The van der Waals surface area contributed by atoms with Gasteiger partial charge in [-0.2, -0.15) is 0 Å². The normalized spacial score (nSPS) is 12.1. The highest BCUT2D eigenvalue weighted by atomic mass is 127. The van der Waals surface area contributed by atoms with Gasteiger partial charge >= 0.3 is 0 Å². The van der Waals surface area contributed by atoms with Crippen molar-refractivity contribution in [2.45, 2.75) is 18.2 Å². The number of halogens is 4. The number of alkyl halides is 2. The van der Waals surface area contributed by atoms with Gasteiger partial charge < -0.3 is 0 Å². The van der Waals surface area contributed by atoms with Crippen molar-refractivity contribution in [1.29, 1.82) is 0 Å². The molecule has 1 heterocycles. The topological polar surface area (TPSA) is 47.0 Å². The summed E-state index contributed by atoms with van der Waals surface area (Å²) in [5.74, 6) is 0. The average Bonchev–Trinajstić information content (AvgIpc) is 1.99. The Morgan fingerprint density at radius 1 is 1.53 bits per heavy atom. The van der Waals surface area contributed by atoms with Gasteiger partial charge in [0.1, 0.15) is 14.3 Å². The molecule has 0 atom stereocenters. The van der Waals surface area contributed by atoms with Gasteiger partial charge in [-0.1, -0.05) is 0 Å². The lowest BCUT2D eigenvalue weighted by Crippen LogP contribution is -2.04. The molecule has 3 nitrogen and oxygen atoms in total. The fourth-order valence-electron chi connectivity index (χ4n) is 1.05. The second-order valence-corrected chi connectivity index (χ2v) is 6.25. The minimum Gasteiger partial charge on any atom is -0.239 e. The van der Waals surface area contributed by atoms with Crippen molar-refractivity contribution in [3.05, 3.63) is 21.0 Å². The van der Waals surface area contributed by atoms with Crippen LogP contribution in [0.15, 0.2) is 11.0 Å². The molecule has 0 bridgehead atoms. The highest BCUT2D eigenvalue weighted by Gasteiger charge is 2.21. The molecule has 0 aliphatic carbocycles. The van der Waals surface area contributed by atoms with Gasteiger partial charge in [-0.05, 0) is 41.1 Å². The van der Waals surface area contributed by atoms with E-state index in [1.54, 1.807) is 22.6 Å². The standard InChI is InChI=1S/C7H5ClF2INO2S/c1-3-2-4(6(9)10)12-7(11)5(3)15(8,13)14/h2,6H,1H3. The van der Waals surface area contributed by atoms with Crippen LogP contribution in [-0.2, 0) is 9.05 Å². The monoisotopic (exact) mass is 367 g/mol. The predicted octanol–water partition coefficient (Wildman–Crippen LogP) is 2.86. The molecule has 0 unspecified atom stereocenters. The average molecular weight is 368 g/mol. The molecule has 15 heavy (non-hydrogen) atoms. The molecular weight excluding hydrogens is 363 g/mol. The molecule has 0 amide bonds. The van der Waals surface area contributed by atoms with Gasteiger partial charge in [0, 0.05) is 10.7 Å². The number of aromatic nitrogens is 1. The number of pyridine rings is 1. The van der Waals surface area contributed by atoms with E-state index in [0.29, 0.717) is 0 Å². The number of hydrogen-bond donors (Lipinski definition) is 0. The van der Waals surface area contributed by atoms with Crippen LogP contribution in [-0.4, -0.2) is 13.4 Å². The molecule has 84 valence electrons. The van der Waals surface area contributed by atoms with E-state index in [-0.39, 0.29) is 14.2 Å². The summed E-state index contributed by atoms with van der Waals surface area (Å²) in [6, 6.07) is 1.02. The highest BCUT2D eigenvalue weighted by Crippen LogP contribution is 2.27. The van der Waals surface area contributed by atoms with Crippen LogP contribution in [0.4, 0.5) is 8.78 Å². The third-order valence-corrected chi connectivity index (χ3v) is 4.22. The molecule has 1 aromatic heterocycles. The van der Waals surface area contributed by atoms with Crippen LogP contribution in [0.3, 0.4) is 0 Å². The molecule has 0 N–H and O–H groups in total. The number of nitrogens with zero attached hydrogens (tertiary/aromatic N) is 1. The van der Waals surface area contributed by atoms with Crippen LogP contribution in [0.5, 0.6) is 0 Å². The summed E-state index contributed by atoms with van der Waals surface area (Å²) in [5, 5.41) is 0. The summed E-state index contributed by atoms with van der Waals surface area (Å²) in [6.07, 6.45) is -2.73. The SMILES string of the molecule is Cc1cc(C(F)F)nc(I)c1S(=O)(=O)Cl. The van der Waals surface area contributed by atoms with E-state index in [1.807, 2.05) is 0 Å². The van der Waals surface area contributed by atoms with Crippen molar-refractivity contribution in [2.75, 3.05) is 0 Å². The van der Waals surface area contributed by atoms with E-state index in [0.717, 1.165) is 6.07 Å². The minimum absolute atomic E-state index is 0.0436. The van der Waals surface area contributed by atoms with Crippen molar-refractivity contribution in [3.63, 3.8) is 0 Å². The lowest BCUT2D eigenvalue weighted by atomic mass is 10.2. The van der Waals surface area contributed by atoms with Crippen molar-refractivity contribution >= 4 is 42.3 Å². The van der Waals surface area contributed by atoms with Gasteiger partial charge in [0.05, 0.1) is 0 Å². The van der Waals surface area contributed by atoms with Crippen LogP contribution < -0.4 is 0 Å². The highest BCUT2D eigenvalue weighted by molar-refractivity contribution is 14.1. The zero-order valence-electron chi connectivity index (χ0n) is 7.34. The fourth-order valence-corrected chi connectivity index (χ4v) is 4.29. The molecule has 0 saturated carbocycles. The molecular formula is C7H5ClF2INO2S. The van der Waals surface area contributed by atoms with Gasteiger partial charge in [-0.15, -0.1) is 0 Å². The molecule has 1 rings (SSSR count). The molecule has 8 heteroatoms. The second kappa shape index (κ2) is 4.46. The third kappa shape index (κ3) is 2.97. The second-order valence-electron chi connectivity index (χ2n) is 2.72. The zero-order chi connectivity index (χ0) is 11.8. The van der Waals surface area contributed by atoms with E-state index in [2.05, 4.69) is 4.98 Å². The maximum atomic E-state index is 12.3. The first-order chi connectivity index (χ1) is 6.73. The van der Waals surface area contributed by atoms with E-state index >= 15 is 0 Å². The summed E-state index contributed by atoms with van der Waals surface area (Å²) in [5.41, 5.74) is -0.291. The Morgan fingerprint density at radius 3 is 2.40 bits per heavy atom.